The minimum Gasteiger partial charge on any atom is -0.454 e. The molecule has 2 heterocycles. The van der Waals surface area contributed by atoms with Crippen molar-refractivity contribution in [3.05, 3.63) is 30.1 Å². The molecule has 1 N–H and O–H groups in total. The Morgan fingerprint density at radius 1 is 1.39 bits per heavy atom. The van der Waals surface area contributed by atoms with Gasteiger partial charge in [0.25, 0.3) is 5.91 Å². The lowest BCUT2D eigenvalue weighted by molar-refractivity contribution is 0.102. The Bertz CT molecular complexity index is 608. The molecule has 1 amide bonds. The normalized spacial score (nSPS) is 12.5. The highest BCUT2D eigenvalue weighted by Gasteiger charge is 2.15. The number of hydrogen-bond acceptors (Lipinski definition) is 5. The van der Waals surface area contributed by atoms with Crippen LogP contribution in [0.15, 0.2) is 24.4 Å². The van der Waals surface area contributed by atoms with E-state index in [1.54, 1.807) is 31.4 Å². The number of fused-ring (bicyclic) bond motifs is 1. The number of ether oxygens (including phenoxy) is 2. The van der Waals surface area contributed by atoms with E-state index in [2.05, 4.69) is 15.6 Å². The molecular weight excluding hydrogens is 236 g/mol. The van der Waals surface area contributed by atoms with Gasteiger partial charge in [-0.15, -0.1) is 5.10 Å². The maximum atomic E-state index is 11.8. The van der Waals surface area contributed by atoms with Crippen molar-refractivity contribution in [1.29, 1.82) is 0 Å². The fraction of sp³-hybridized carbons (Fsp3) is 0.182. The predicted molar refractivity (Wildman–Crippen MR) is 61.5 cm³/mol. The number of nitrogens with one attached hydrogen (secondary N) is 1. The summed E-state index contributed by atoms with van der Waals surface area (Å²) in [5.41, 5.74) is 0.880. The second-order valence-corrected chi connectivity index (χ2v) is 3.80. The molecule has 0 aliphatic carbocycles. The highest BCUT2D eigenvalue weighted by atomic mass is 16.7. The summed E-state index contributed by atoms with van der Waals surface area (Å²) in [7, 11) is 1.70. The minimum absolute atomic E-state index is 0.205. The van der Waals surface area contributed by atoms with E-state index in [-0.39, 0.29) is 18.4 Å². The number of benzene rings is 1. The quantitative estimate of drug-likeness (QED) is 0.847. The van der Waals surface area contributed by atoms with Crippen molar-refractivity contribution < 1.29 is 14.3 Å². The number of aryl methyl sites for hydroxylation is 1. The van der Waals surface area contributed by atoms with E-state index >= 15 is 0 Å². The van der Waals surface area contributed by atoms with Gasteiger partial charge in [0.2, 0.25) is 6.79 Å². The van der Waals surface area contributed by atoms with E-state index in [1.165, 1.54) is 4.68 Å². The van der Waals surface area contributed by atoms with E-state index < -0.39 is 0 Å². The van der Waals surface area contributed by atoms with E-state index in [0.29, 0.717) is 17.2 Å². The van der Waals surface area contributed by atoms with E-state index in [1.807, 2.05) is 0 Å². The van der Waals surface area contributed by atoms with Crippen LogP contribution in [0.1, 0.15) is 10.5 Å². The Kier molecular flexibility index (Phi) is 2.36. The van der Waals surface area contributed by atoms with Gasteiger partial charge < -0.3 is 14.8 Å². The molecule has 0 unspecified atom stereocenters. The first-order valence-electron chi connectivity index (χ1n) is 5.30. The number of anilines is 1. The highest BCUT2D eigenvalue weighted by molar-refractivity contribution is 6.02. The summed E-state index contributed by atoms with van der Waals surface area (Å²) < 4.78 is 11.9. The van der Waals surface area contributed by atoms with E-state index in [0.717, 1.165) is 0 Å². The van der Waals surface area contributed by atoms with Crippen LogP contribution in [0, 0.1) is 0 Å². The van der Waals surface area contributed by atoms with Crippen LogP contribution in [0.4, 0.5) is 5.69 Å². The average molecular weight is 246 g/mol. The molecule has 3 rings (SSSR count). The molecule has 0 saturated heterocycles. The van der Waals surface area contributed by atoms with Gasteiger partial charge in [0.05, 0.1) is 6.20 Å². The summed E-state index contributed by atoms with van der Waals surface area (Å²) in [6, 6.07) is 5.19. The summed E-state index contributed by atoms with van der Waals surface area (Å²) >= 11 is 0. The number of amides is 1. The monoisotopic (exact) mass is 246 g/mol. The van der Waals surface area contributed by atoms with Gasteiger partial charge in [-0.3, -0.25) is 9.48 Å². The fourth-order valence-electron chi connectivity index (χ4n) is 1.62. The molecule has 0 spiro atoms. The number of carbonyl (C=O) groups is 1. The zero-order chi connectivity index (χ0) is 12.5. The highest BCUT2D eigenvalue weighted by Crippen LogP contribution is 2.34. The van der Waals surface area contributed by atoms with Crippen molar-refractivity contribution >= 4 is 11.6 Å². The molecule has 7 heteroatoms. The van der Waals surface area contributed by atoms with Crippen molar-refractivity contribution in [1.82, 2.24) is 15.0 Å². The summed E-state index contributed by atoms with van der Waals surface area (Å²) in [5.74, 6) is 0.974. The molecule has 1 aromatic carbocycles. The topological polar surface area (TPSA) is 78.3 Å². The summed E-state index contributed by atoms with van der Waals surface area (Å²) in [4.78, 5) is 11.8. The van der Waals surface area contributed by atoms with Crippen molar-refractivity contribution in [3.63, 3.8) is 0 Å². The van der Waals surface area contributed by atoms with Gasteiger partial charge in [-0.1, -0.05) is 5.21 Å². The number of aromatic nitrogens is 3. The molecule has 0 atom stereocenters. The average Bonchev–Trinajstić information content (AvgIpc) is 2.96. The van der Waals surface area contributed by atoms with Crippen LogP contribution in [-0.4, -0.2) is 27.7 Å². The molecule has 0 radical (unpaired) electrons. The van der Waals surface area contributed by atoms with Crippen LogP contribution in [0.2, 0.25) is 0 Å². The second-order valence-electron chi connectivity index (χ2n) is 3.80. The third kappa shape index (κ3) is 1.86. The van der Waals surface area contributed by atoms with Crippen molar-refractivity contribution in [3.8, 4) is 11.5 Å². The first kappa shape index (κ1) is 10.6. The summed E-state index contributed by atoms with van der Waals surface area (Å²) in [6.07, 6.45) is 1.54. The van der Waals surface area contributed by atoms with Crippen LogP contribution >= 0.6 is 0 Å². The van der Waals surface area contributed by atoms with Gasteiger partial charge >= 0.3 is 0 Å². The minimum atomic E-state index is -0.318. The number of rotatable bonds is 2. The van der Waals surface area contributed by atoms with E-state index in [4.69, 9.17) is 9.47 Å². The molecule has 0 saturated carbocycles. The lowest BCUT2D eigenvalue weighted by Crippen LogP contribution is -2.12. The molecule has 2 aromatic rings. The predicted octanol–water partition coefficient (Wildman–Crippen LogP) is 0.796. The van der Waals surface area contributed by atoms with Crippen molar-refractivity contribution in [2.45, 2.75) is 0 Å². The maximum absolute atomic E-state index is 11.8. The Morgan fingerprint density at radius 2 is 2.22 bits per heavy atom. The zero-order valence-electron chi connectivity index (χ0n) is 9.58. The molecule has 0 fully saturated rings. The Labute approximate surface area is 102 Å². The Balaban J connectivity index is 1.78. The van der Waals surface area contributed by atoms with Crippen LogP contribution in [-0.2, 0) is 7.05 Å². The first-order valence-corrected chi connectivity index (χ1v) is 5.30. The van der Waals surface area contributed by atoms with Gasteiger partial charge in [0.15, 0.2) is 17.2 Å². The van der Waals surface area contributed by atoms with Crippen molar-refractivity contribution in [2.75, 3.05) is 12.1 Å². The van der Waals surface area contributed by atoms with Gasteiger partial charge in [-0.05, 0) is 12.1 Å². The molecule has 0 bridgehead atoms. The largest absolute Gasteiger partial charge is 0.454 e. The standard InChI is InChI=1S/C11H10N4O3/c1-15-5-8(13-14-15)11(16)12-7-2-3-9-10(4-7)18-6-17-9/h2-5H,6H2,1H3,(H,12,16). The molecule has 1 aliphatic rings. The van der Waals surface area contributed by atoms with E-state index in [9.17, 15) is 4.79 Å². The number of carbonyl (C=O) groups excluding carboxylic acids is 1. The third-order valence-electron chi connectivity index (χ3n) is 2.47. The second kappa shape index (κ2) is 4.02. The van der Waals surface area contributed by atoms with Gasteiger partial charge in [-0.25, -0.2) is 0 Å². The van der Waals surface area contributed by atoms with Crippen LogP contribution < -0.4 is 14.8 Å². The van der Waals surface area contributed by atoms with Crippen LogP contribution in [0.5, 0.6) is 11.5 Å². The zero-order valence-corrected chi connectivity index (χ0v) is 9.58. The Hall–Kier alpha value is -2.57. The Morgan fingerprint density at radius 3 is 3.00 bits per heavy atom. The van der Waals surface area contributed by atoms with Crippen LogP contribution in [0.3, 0.4) is 0 Å². The molecule has 92 valence electrons. The van der Waals surface area contributed by atoms with Crippen molar-refractivity contribution in [2.24, 2.45) is 7.05 Å². The third-order valence-corrected chi connectivity index (χ3v) is 2.47. The molecule has 1 aromatic heterocycles. The molecular formula is C11H10N4O3. The first-order chi connectivity index (χ1) is 8.72. The lowest BCUT2D eigenvalue weighted by Gasteiger charge is -2.03. The molecule has 1 aliphatic heterocycles. The molecule has 18 heavy (non-hydrogen) atoms. The summed E-state index contributed by atoms with van der Waals surface area (Å²) in [5, 5.41) is 10.1. The number of nitrogens with zero attached hydrogens (tertiary/aromatic N) is 3. The lowest BCUT2D eigenvalue weighted by atomic mass is 10.2. The van der Waals surface area contributed by atoms with Crippen LogP contribution in [0.25, 0.3) is 0 Å². The van der Waals surface area contributed by atoms with Gasteiger partial charge in [0.1, 0.15) is 0 Å². The fourth-order valence-corrected chi connectivity index (χ4v) is 1.62. The number of hydrogen-bond donors (Lipinski definition) is 1. The summed E-state index contributed by atoms with van der Waals surface area (Å²) in [6.45, 7) is 0.205. The van der Waals surface area contributed by atoms with Gasteiger partial charge in [-0.2, -0.15) is 0 Å². The molecule has 7 nitrogen and oxygen atoms in total. The maximum Gasteiger partial charge on any atom is 0.277 e. The SMILES string of the molecule is Cn1cc(C(=O)Nc2ccc3c(c2)OCO3)nn1. The smallest absolute Gasteiger partial charge is 0.277 e. The van der Waals surface area contributed by atoms with Gasteiger partial charge in [0, 0.05) is 18.8 Å².